The SMILES string of the molecule is CCC(CC)(CO)CNCC(=O)Nc1cc(Cl)ccc1C. The number of nitrogens with one attached hydrogen (secondary N) is 2. The van der Waals surface area contributed by atoms with Crippen molar-refractivity contribution in [2.75, 3.05) is 25.0 Å². The molecule has 0 atom stereocenters. The van der Waals surface area contributed by atoms with E-state index in [0.717, 1.165) is 24.1 Å². The van der Waals surface area contributed by atoms with Gasteiger partial charge in [-0.05, 0) is 37.5 Å². The first kappa shape index (κ1) is 18.0. The van der Waals surface area contributed by atoms with Crippen molar-refractivity contribution in [3.05, 3.63) is 28.8 Å². The summed E-state index contributed by atoms with van der Waals surface area (Å²) in [4.78, 5) is 11.9. The summed E-state index contributed by atoms with van der Waals surface area (Å²) >= 11 is 5.93. The highest BCUT2D eigenvalue weighted by atomic mass is 35.5. The van der Waals surface area contributed by atoms with E-state index in [0.29, 0.717) is 11.6 Å². The van der Waals surface area contributed by atoms with Crippen molar-refractivity contribution < 1.29 is 9.90 Å². The topological polar surface area (TPSA) is 61.4 Å². The van der Waals surface area contributed by atoms with E-state index in [-0.39, 0.29) is 24.5 Å². The molecule has 0 fully saturated rings. The van der Waals surface area contributed by atoms with Crippen LogP contribution in [0.1, 0.15) is 32.3 Å². The molecule has 1 aromatic carbocycles. The standard InChI is InChI=1S/C16H25ClN2O2/c1-4-16(5-2,11-20)10-18-9-15(21)19-14-8-13(17)7-6-12(14)3/h6-8,18,20H,4-5,9-11H2,1-3H3,(H,19,21). The van der Waals surface area contributed by atoms with Crippen LogP contribution in [0.4, 0.5) is 5.69 Å². The lowest BCUT2D eigenvalue weighted by Crippen LogP contribution is -2.39. The molecule has 0 bridgehead atoms. The smallest absolute Gasteiger partial charge is 0.238 e. The number of aryl methyl sites for hydroxylation is 1. The minimum absolute atomic E-state index is 0.112. The average Bonchev–Trinajstić information content (AvgIpc) is 2.48. The lowest BCUT2D eigenvalue weighted by atomic mass is 9.83. The van der Waals surface area contributed by atoms with Gasteiger partial charge < -0.3 is 15.7 Å². The Kier molecular flexibility index (Phi) is 7.15. The van der Waals surface area contributed by atoms with Gasteiger partial charge in [-0.25, -0.2) is 0 Å². The number of hydrogen-bond acceptors (Lipinski definition) is 3. The molecule has 21 heavy (non-hydrogen) atoms. The van der Waals surface area contributed by atoms with Crippen LogP contribution in [0.25, 0.3) is 0 Å². The first-order valence-corrected chi connectivity index (χ1v) is 7.71. The summed E-state index contributed by atoms with van der Waals surface area (Å²) in [6, 6.07) is 5.41. The highest BCUT2D eigenvalue weighted by molar-refractivity contribution is 6.31. The third kappa shape index (κ3) is 5.30. The van der Waals surface area contributed by atoms with Crippen LogP contribution >= 0.6 is 11.6 Å². The van der Waals surface area contributed by atoms with Gasteiger partial charge in [-0.2, -0.15) is 0 Å². The summed E-state index contributed by atoms with van der Waals surface area (Å²) < 4.78 is 0. The van der Waals surface area contributed by atoms with E-state index in [1.807, 2.05) is 13.0 Å². The highest BCUT2D eigenvalue weighted by Gasteiger charge is 2.24. The molecule has 5 heteroatoms. The van der Waals surface area contributed by atoms with Gasteiger partial charge in [0.2, 0.25) is 5.91 Å². The molecule has 0 unspecified atom stereocenters. The van der Waals surface area contributed by atoms with Crippen LogP contribution in [0.15, 0.2) is 18.2 Å². The molecule has 0 spiro atoms. The van der Waals surface area contributed by atoms with Crippen molar-refractivity contribution in [3.8, 4) is 0 Å². The molecular formula is C16H25ClN2O2. The normalized spacial score (nSPS) is 11.5. The van der Waals surface area contributed by atoms with E-state index < -0.39 is 0 Å². The molecular weight excluding hydrogens is 288 g/mol. The number of amides is 1. The van der Waals surface area contributed by atoms with Gasteiger partial charge in [0.05, 0.1) is 6.54 Å². The van der Waals surface area contributed by atoms with Crippen molar-refractivity contribution >= 4 is 23.2 Å². The predicted molar refractivity (Wildman–Crippen MR) is 87.8 cm³/mol. The maximum absolute atomic E-state index is 11.9. The zero-order valence-corrected chi connectivity index (χ0v) is 13.8. The summed E-state index contributed by atoms with van der Waals surface area (Å²) in [5.41, 5.74) is 1.56. The molecule has 0 radical (unpaired) electrons. The van der Waals surface area contributed by atoms with Crippen LogP contribution < -0.4 is 10.6 Å². The number of aliphatic hydroxyl groups is 1. The van der Waals surface area contributed by atoms with E-state index in [1.54, 1.807) is 12.1 Å². The van der Waals surface area contributed by atoms with E-state index in [2.05, 4.69) is 24.5 Å². The largest absolute Gasteiger partial charge is 0.396 e. The minimum atomic E-state index is -0.147. The van der Waals surface area contributed by atoms with Gasteiger partial charge in [0.25, 0.3) is 0 Å². The molecule has 0 aliphatic rings. The minimum Gasteiger partial charge on any atom is -0.396 e. The Hall–Kier alpha value is -1.10. The zero-order chi connectivity index (χ0) is 15.9. The molecule has 0 saturated heterocycles. The lowest BCUT2D eigenvalue weighted by molar-refractivity contribution is -0.115. The molecule has 1 aromatic rings. The Morgan fingerprint density at radius 2 is 2.00 bits per heavy atom. The fourth-order valence-electron chi connectivity index (χ4n) is 2.14. The maximum atomic E-state index is 11.9. The van der Waals surface area contributed by atoms with Crippen molar-refractivity contribution in [3.63, 3.8) is 0 Å². The van der Waals surface area contributed by atoms with Crippen molar-refractivity contribution in [1.29, 1.82) is 0 Å². The third-order valence-electron chi connectivity index (χ3n) is 4.09. The molecule has 0 aliphatic carbocycles. The average molecular weight is 313 g/mol. The Balaban J connectivity index is 2.49. The molecule has 1 amide bonds. The number of anilines is 1. The molecule has 118 valence electrons. The molecule has 1 rings (SSSR count). The van der Waals surface area contributed by atoms with Gasteiger partial charge in [0.15, 0.2) is 0 Å². The second kappa shape index (κ2) is 8.37. The second-order valence-electron chi connectivity index (χ2n) is 5.48. The fourth-order valence-corrected chi connectivity index (χ4v) is 2.32. The Morgan fingerprint density at radius 1 is 1.33 bits per heavy atom. The number of benzene rings is 1. The van der Waals surface area contributed by atoms with E-state index in [1.165, 1.54) is 0 Å². The number of rotatable bonds is 8. The van der Waals surface area contributed by atoms with Gasteiger partial charge in [-0.3, -0.25) is 4.79 Å². The Morgan fingerprint density at radius 3 is 2.57 bits per heavy atom. The predicted octanol–water partition coefficient (Wildman–Crippen LogP) is 2.98. The number of hydrogen-bond donors (Lipinski definition) is 3. The monoisotopic (exact) mass is 312 g/mol. The van der Waals surface area contributed by atoms with Crippen LogP contribution in [0, 0.1) is 12.3 Å². The Labute approximate surface area is 131 Å². The Bertz CT molecular complexity index is 465. The van der Waals surface area contributed by atoms with Crippen LogP contribution in [0.5, 0.6) is 0 Å². The number of carbonyl (C=O) groups excluding carboxylic acids is 1. The molecule has 4 nitrogen and oxygen atoms in total. The molecule has 0 saturated carbocycles. The van der Waals surface area contributed by atoms with E-state index in [4.69, 9.17) is 11.6 Å². The summed E-state index contributed by atoms with van der Waals surface area (Å²) in [7, 11) is 0. The zero-order valence-electron chi connectivity index (χ0n) is 13.0. The van der Waals surface area contributed by atoms with Gasteiger partial charge in [0, 0.05) is 29.3 Å². The fraction of sp³-hybridized carbons (Fsp3) is 0.562. The third-order valence-corrected chi connectivity index (χ3v) is 4.33. The van der Waals surface area contributed by atoms with Crippen molar-refractivity contribution in [2.24, 2.45) is 5.41 Å². The van der Waals surface area contributed by atoms with Gasteiger partial charge in [-0.15, -0.1) is 0 Å². The molecule has 3 N–H and O–H groups in total. The van der Waals surface area contributed by atoms with Crippen LogP contribution in [-0.2, 0) is 4.79 Å². The van der Waals surface area contributed by atoms with Crippen molar-refractivity contribution in [1.82, 2.24) is 5.32 Å². The first-order chi connectivity index (χ1) is 9.96. The van der Waals surface area contributed by atoms with Gasteiger partial charge in [-0.1, -0.05) is 31.5 Å². The van der Waals surface area contributed by atoms with E-state index in [9.17, 15) is 9.90 Å². The van der Waals surface area contributed by atoms with Crippen LogP contribution in [0.3, 0.4) is 0 Å². The summed E-state index contributed by atoms with van der Waals surface area (Å²) in [6.45, 7) is 6.99. The number of halogens is 1. The molecule has 0 aliphatic heterocycles. The summed E-state index contributed by atoms with van der Waals surface area (Å²) in [6.07, 6.45) is 1.75. The van der Waals surface area contributed by atoms with Crippen LogP contribution in [-0.4, -0.2) is 30.7 Å². The van der Waals surface area contributed by atoms with Gasteiger partial charge >= 0.3 is 0 Å². The second-order valence-corrected chi connectivity index (χ2v) is 5.91. The van der Waals surface area contributed by atoms with Gasteiger partial charge in [0.1, 0.15) is 0 Å². The lowest BCUT2D eigenvalue weighted by Gasteiger charge is -2.29. The molecule has 0 aromatic heterocycles. The number of aliphatic hydroxyl groups excluding tert-OH is 1. The molecule has 0 heterocycles. The first-order valence-electron chi connectivity index (χ1n) is 7.34. The highest BCUT2D eigenvalue weighted by Crippen LogP contribution is 2.24. The summed E-state index contributed by atoms with van der Waals surface area (Å²) in [5.74, 6) is -0.112. The number of carbonyl (C=O) groups is 1. The van der Waals surface area contributed by atoms with Crippen LogP contribution in [0.2, 0.25) is 5.02 Å². The maximum Gasteiger partial charge on any atom is 0.238 e. The van der Waals surface area contributed by atoms with E-state index >= 15 is 0 Å². The van der Waals surface area contributed by atoms with Crippen molar-refractivity contribution in [2.45, 2.75) is 33.6 Å². The quantitative estimate of drug-likeness (QED) is 0.691. The summed E-state index contributed by atoms with van der Waals surface area (Å²) in [5, 5.41) is 16.1.